The molecule has 3 aromatic rings. The van der Waals surface area contributed by atoms with Crippen molar-refractivity contribution in [2.24, 2.45) is 0 Å². The van der Waals surface area contributed by atoms with Crippen LogP contribution in [-0.4, -0.2) is 53.0 Å². The molecule has 1 aromatic heterocycles. The topological polar surface area (TPSA) is 74.9 Å². The van der Waals surface area contributed by atoms with E-state index >= 15 is 0 Å². The van der Waals surface area contributed by atoms with E-state index in [0.717, 1.165) is 0 Å². The van der Waals surface area contributed by atoms with Crippen molar-refractivity contribution in [1.82, 2.24) is 14.8 Å². The van der Waals surface area contributed by atoms with Crippen LogP contribution in [-0.2, 0) is 16.0 Å². The number of nitrogens with one attached hydrogen (secondary N) is 1. The maximum atomic E-state index is 13.4. The molecule has 0 radical (unpaired) electrons. The molecule has 6 rings (SSSR count). The van der Waals surface area contributed by atoms with Crippen LogP contribution >= 0.6 is 0 Å². The summed E-state index contributed by atoms with van der Waals surface area (Å²) < 4.78 is 67.2. The fraction of sp³-hybridized carbons (Fsp3) is 0.273. The third kappa shape index (κ3) is 2.24. The number of hydrogen-bond donors (Lipinski definition) is 1. The normalized spacial score (nSPS) is 26.7. The Morgan fingerprint density at radius 1 is 1.21 bits per heavy atom. The van der Waals surface area contributed by atoms with Gasteiger partial charge in [0.05, 0.1) is 18.1 Å². The highest BCUT2D eigenvalue weighted by atomic mass is 16.7. The van der Waals surface area contributed by atoms with Crippen molar-refractivity contribution in [1.29, 1.82) is 0 Å². The van der Waals surface area contributed by atoms with Gasteiger partial charge in [0.25, 0.3) is 0 Å². The van der Waals surface area contributed by atoms with E-state index in [2.05, 4.69) is 4.98 Å². The van der Waals surface area contributed by atoms with Crippen molar-refractivity contribution >= 4 is 22.7 Å². The number of aromatic nitrogens is 1. The van der Waals surface area contributed by atoms with Crippen LogP contribution in [0.4, 0.5) is 0 Å². The fourth-order valence-corrected chi connectivity index (χ4v) is 4.44. The summed E-state index contributed by atoms with van der Waals surface area (Å²) in [5, 5.41) is 0.215. The molecule has 0 saturated carbocycles. The van der Waals surface area contributed by atoms with Crippen LogP contribution in [0.1, 0.15) is 32.5 Å². The second-order valence-corrected chi connectivity index (χ2v) is 7.23. The number of para-hydroxylation sites is 1. The molecular formula is C22H19N3O4. The summed E-state index contributed by atoms with van der Waals surface area (Å²) in [5.41, 5.74) is 1.59. The van der Waals surface area contributed by atoms with E-state index in [1.165, 1.54) is 4.90 Å². The Bertz CT molecular complexity index is 1490. The third-order valence-electron chi connectivity index (χ3n) is 5.70. The fourth-order valence-electron chi connectivity index (χ4n) is 4.44. The van der Waals surface area contributed by atoms with Gasteiger partial charge in [-0.25, -0.2) is 0 Å². The van der Waals surface area contributed by atoms with Crippen LogP contribution < -0.4 is 9.47 Å². The predicted molar refractivity (Wildman–Crippen MR) is 105 cm³/mol. The SMILES string of the molecule is [2H]c1c([2H])c([2H])c2c3c([nH]c2c1[2H])C(c1ccc2c(c1)OCO2)N1C(=O)CN(C([2H])([2H])[2H])C(=O)[C@H]1C3. The van der Waals surface area contributed by atoms with Crippen molar-refractivity contribution in [2.45, 2.75) is 18.5 Å². The number of aromatic amines is 1. The molecule has 2 aromatic carbocycles. The maximum Gasteiger partial charge on any atom is 0.245 e. The Morgan fingerprint density at radius 3 is 2.97 bits per heavy atom. The molecule has 7 nitrogen and oxygen atoms in total. The number of nitrogens with zero attached hydrogens (tertiary/aromatic N) is 2. The summed E-state index contributed by atoms with van der Waals surface area (Å²) in [7, 11) is 0. The molecule has 1 saturated heterocycles. The van der Waals surface area contributed by atoms with Gasteiger partial charge in [0.1, 0.15) is 6.04 Å². The zero-order valence-corrected chi connectivity index (χ0v) is 15.0. The number of hydrogen-bond acceptors (Lipinski definition) is 4. The Balaban J connectivity index is 1.62. The minimum absolute atomic E-state index is 0.0291. The molecule has 1 fully saturated rings. The van der Waals surface area contributed by atoms with E-state index in [1.807, 2.05) is 0 Å². The van der Waals surface area contributed by atoms with E-state index in [1.54, 1.807) is 18.2 Å². The summed E-state index contributed by atoms with van der Waals surface area (Å²) >= 11 is 0. The lowest BCUT2D eigenvalue weighted by Crippen LogP contribution is -2.62. The Hall–Kier alpha value is -3.48. The molecular weight excluding hydrogens is 370 g/mol. The van der Waals surface area contributed by atoms with Crippen molar-refractivity contribution < 1.29 is 28.7 Å². The lowest BCUT2D eigenvalue weighted by molar-refractivity contribution is -0.157. The molecule has 0 bridgehead atoms. The van der Waals surface area contributed by atoms with Crippen molar-refractivity contribution in [3.05, 3.63) is 59.2 Å². The van der Waals surface area contributed by atoms with E-state index in [-0.39, 0.29) is 36.2 Å². The molecule has 29 heavy (non-hydrogen) atoms. The monoisotopic (exact) mass is 396 g/mol. The van der Waals surface area contributed by atoms with Gasteiger partial charge in [0.2, 0.25) is 18.6 Å². The molecule has 1 N–H and O–H groups in total. The quantitative estimate of drug-likeness (QED) is 0.684. The number of carbonyl (C=O) groups excluding carboxylic acids is 2. The van der Waals surface area contributed by atoms with Crippen molar-refractivity contribution in [3.63, 3.8) is 0 Å². The summed E-state index contributed by atoms with van der Waals surface area (Å²) in [6.45, 7) is -3.40. The van der Waals surface area contributed by atoms with Crippen molar-refractivity contribution in [2.75, 3.05) is 20.3 Å². The van der Waals surface area contributed by atoms with Crippen LogP contribution in [0, 0.1) is 0 Å². The summed E-state index contributed by atoms with van der Waals surface area (Å²) in [5.74, 6) is -0.364. The molecule has 1 unspecified atom stereocenters. The van der Waals surface area contributed by atoms with Gasteiger partial charge in [-0.05, 0) is 29.3 Å². The third-order valence-corrected chi connectivity index (χ3v) is 5.70. The van der Waals surface area contributed by atoms with Gasteiger partial charge in [0.15, 0.2) is 11.5 Å². The van der Waals surface area contributed by atoms with Crippen LogP contribution in [0.5, 0.6) is 11.5 Å². The van der Waals surface area contributed by atoms with Gasteiger partial charge in [-0.2, -0.15) is 0 Å². The number of likely N-dealkylation sites (N-methyl/N-ethyl adjacent to an activating group) is 1. The number of carbonyl (C=O) groups is 2. The van der Waals surface area contributed by atoms with Gasteiger partial charge in [0, 0.05) is 34.1 Å². The van der Waals surface area contributed by atoms with Gasteiger partial charge in [-0.1, -0.05) is 24.2 Å². The van der Waals surface area contributed by atoms with Crippen LogP contribution in [0.2, 0.25) is 0 Å². The Kier molecular flexibility index (Phi) is 2.17. The molecule has 2 amide bonds. The second kappa shape index (κ2) is 5.76. The first-order valence-electron chi connectivity index (χ1n) is 12.6. The number of benzene rings is 2. The lowest BCUT2D eigenvalue weighted by Gasteiger charge is -2.46. The molecule has 146 valence electrons. The lowest BCUT2D eigenvalue weighted by atomic mass is 9.86. The first kappa shape index (κ1) is 10.9. The molecule has 3 aliphatic rings. The zero-order chi connectivity index (χ0) is 25.7. The van der Waals surface area contributed by atoms with E-state index < -0.39 is 49.5 Å². The largest absolute Gasteiger partial charge is 0.454 e. The highest BCUT2D eigenvalue weighted by Crippen LogP contribution is 2.44. The standard InChI is InChI=1S/C22H19N3O4/c1-24-10-19(26)25-16(22(24)27)9-14-13-4-2-3-5-15(13)23-20(14)21(25)12-6-7-17-18(8-12)29-11-28-17/h2-8,16,21,23H,9-11H2,1H3/t16-,21?/m1/s1/i1D3,2D,3D,4D,5D. The summed E-state index contributed by atoms with van der Waals surface area (Å²) in [6.07, 6.45) is -0.102. The van der Waals surface area contributed by atoms with Crippen LogP contribution in [0.25, 0.3) is 10.9 Å². The maximum absolute atomic E-state index is 13.4. The van der Waals surface area contributed by atoms with E-state index in [0.29, 0.717) is 33.2 Å². The second-order valence-electron chi connectivity index (χ2n) is 7.23. The molecule has 4 heterocycles. The van der Waals surface area contributed by atoms with Gasteiger partial charge in [-0.3, -0.25) is 9.59 Å². The Labute approximate surface area is 176 Å². The number of ether oxygens (including phenoxy) is 2. The van der Waals surface area contributed by atoms with Crippen molar-refractivity contribution in [3.8, 4) is 11.5 Å². The average Bonchev–Trinajstić information content (AvgIpc) is 3.45. The molecule has 3 aliphatic heterocycles. The number of H-pyrrole nitrogens is 1. The van der Waals surface area contributed by atoms with Gasteiger partial charge < -0.3 is 24.3 Å². The smallest absolute Gasteiger partial charge is 0.245 e. The molecule has 0 aliphatic carbocycles. The number of piperazine rings is 1. The molecule has 0 spiro atoms. The van der Waals surface area contributed by atoms with Crippen LogP contribution in [0.15, 0.2) is 42.4 Å². The number of fused-ring (bicyclic) bond motifs is 5. The predicted octanol–water partition coefficient (Wildman–Crippen LogP) is 2.21. The summed E-state index contributed by atoms with van der Waals surface area (Å²) in [4.78, 5) is 31.9. The zero-order valence-electron chi connectivity index (χ0n) is 22.0. The highest BCUT2D eigenvalue weighted by molar-refractivity contribution is 5.97. The molecule has 7 heteroatoms. The van der Waals surface area contributed by atoms with Crippen LogP contribution in [0.3, 0.4) is 0 Å². The highest BCUT2D eigenvalue weighted by Gasteiger charge is 2.47. The molecule has 2 atom stereocenters. The van der Waals surface area contributed by atoms with Gasteiger partial charge >= 0.3 is 0 Å². The average molecular weight is 396 g/mol. The first-order chi connectivity index (χ1) is 17.0. The Morgan fingerprint density at radius 2 is 2.07 bits per heavy atom. The van der Waals surface area contributed by atoms with E-state index in [9.17, 15) is 9.59 Å². The summed E-state index contributed by atoms with van der Waals surface area (Å²) in [6, 6.07) is 1.60. The van der Waals surface area contributed by atoms with E-state index in [4.69, 9.17) is 19.1 Å². The first-order valence-corrected chi connectivity index (χ1v) is 9.12. The number of amides is 2. The minimum Gasteiger partial charge on any atom is -0.454 e. The minimum atomic E-state index is -2.81. The number of rotatable bonds is 1. The van der Waals surface area contributed by atoms with Gasteiger partial charge in [-0.15, -0.1) is 0 Å².